The zero-order chi connectivity index (χ0) is 20.4. The third-order valence-corrected chi connectivity index (χ3v) is 5.60. The first-order valence-corrected chi connectivity index (χ1v) is 10.5. The van der Waals surface area contributed by atoms with E-state index in [1.807, 2.05) is 29.2 Å². The largest absolute Gasteiger partial charge is 0.360 e. The molecule has 0 spiro atoms. The van der Waals surface area contributed by atoms with E-state index in [9.17, 15) is 4.79 Å². The molecule has 0 saturated heterocycles. The topological polar surface area (TPSA) is 32.3 Å². The van der Waals surface area contributed by atoms with Crippen LogP contribution in [-0.4, -0.2) is 5.91 Å². The van der Waals surface area contributed by atoms with Crippen LogP contribution >= 0.6 is 0 Å². The molecule has 1 aliphatic heterocycles. The predicted molar refractivity (Wildman–Crippen MR) is 121 cm³/mol. The zero-order valence-corrected chi connectivity index (χ0v) is 17.4. The van der Waals surface area contributed by atoms with E-state index in [-0.39, 0.29) is 12.1 Å². The Balaban J connectivity index is 1.76. The summed E-state index contributed by atoms with van der Waals surface area (Å²) in [5.41, 5.74) is 6.18. The van der Waals surface area contributed by atoms with Gasteiger partial charge in [-0.1, -0.05) is 75.7 Å². The number of anilines is 2. The highest BCUT2D eigenvalue weighted by Gasteiger charge is 2.33. The summed E-state index contributed by atoms with van der Waals surface area (Å²) in [5, 5.41) is 3.59. The summed E-state index contributed by atoms with van der Waals surface area (Å²) in [7, 11) is 0. The molecule has 1 unspecified atom stereocenters. The highest BCUT2D eigenvalue weighted by Crippen LogP contribution is 2.37. The molecular weight excluding hydrogens is 356 g/mol. The van der Waals surface area contributed by atoms with E-state index in [0.29, 0.717) is 11.5 Å². The zero-order valence-electron chi connectivity index (χ0n) is 17.4. The minimum atomic E-state index is -0.240. The highest BCUT2D eigenvalue weighted by atomic mass is 16.2. The predicted octanol–water partition coefficient (Wildman–Crippen LogP) is 6.53. The Morgan fingerprint density at radius 2 is 1.62 bits per heavy atom. The first kappa shape index (κ1) is 19.3. The lowest BCUT2D eigenvalue weighted by Gasteiger charge is -2.38. The summed E-state index contributed by atoms with van der Waals surface area (Å²) in [5.74, 6) is 0.508. The van der Waals surface area contributed by atoms with Crippen molar-refractivity contribution in [2.45, 2.75) is 45.7 Å². The number of benzene rings is 3. The van der Waals surface area contributed by atoms with Crippen molar-refractivity contribution >= 4 is 17.3 Å². The van der Waals surface area contributed by atoms with Gasteiger partial charge in [-0.25, -0.2) is 0 Å². The van der Waals surface area contributed by atoms with E-state index < -0.39 is 0 Å². The monoisotopic (exact) mass is 384 g/mol. The van der Waals surface area contributed by atoms with Gasteiger partial charge in [0.2, 0.25) is 0 Å². The molecule has 3 aromatic rings. The molecule has 1 N–H and O–H groups in total. The van der Waals surface area contributed by atoms with Crippen LogP contribution in [-0.2, 0) is 6.42 Å². The fraction of sp³-hybridized carbons (Fsp3) is 0.269. The van der Waals surface area contributed by atoms with Gasteiger partial charge in [-0.2, -0.15) is 0 Å². The van der Waals surface area contributed by atoms with Gasteiger partial charge < -0.3 is 5.32 Å². The summed E-state index contributed by atoms with van der Waals surface area (Å²) in [6.45, 7) is 6.56. The maximum atomic E-state index is 13.5. The second-order valence-electron chi connectivity index (χ2n) is 8.01. The van der Waals surface area contributed by atoms with Crippen LogP contribution in [0.5, 0.6) is 0 Å². The van der Waals surface area contributed by atoms with Gasteiger partial charge in [-0.3, -0.25) is 9.69 Å². The number of para-hydroxylation sites is 1. The molecule has 1 aliphatic rings. The molecule has 29 heavy (non-hydrogen) atoms. The maximum Gasteiger partial charge on any atom is 0.262 e. The second-order valence-corrected chi connectivity index (χ2v) is 8.01. The Morgan fingerprint density at radius 3 is 2.28 bits per heavy atom. The van der Waals surface area contributed by atoms with E-state index in [2.05, 4.69) is 74.6 Å². The molecule has 0 saturated carbocycles. The molecule has 3 nitrogen and oxygen atoms in total. The van der Waals surface area contributed by atoms with Crippen LogP contribution in [0.4, 0.5) is 11.4 Å². The Kier molecular flexibility index (Phi) is 5.39. The first-order valence-electron chi connectivity index (χ1n) is 10.5. The van der Waals surface area contributed by atoms with E-state index in [1.54, 1.807) is 0 Å². The lowest BCUT2D eigenvalue weighted by Crippen LogP contribution is -2.43. The van der Waals surface area contributed by atoms with Gasteiger partial charge in [0.25, 0.3) is 5.91 Å². The Morgan fingerprint density at radius 1 is 0.931 bits per heavy atom. The minimum absolute atomic E-state index is 0.0283. The summed E-state index contributed by atoms with van der Waals surface area (Å²) in [4.78, 5) is 15.4. The number of carbonyl (C=O) groups excluding carboxylic acids is 1. The van der Waals surface area contributed by atoms with Crippen molar-refractivity contribution in [2.24, 2.45) is 0 Å². The van der Waals surface area contributed by atoms with Gasteiger partial charge in [0.1, 0.15) is 6.17 Å². The number of amides is 1. The van der Waals surface area contributed by atoms with Gasteiger partial charge in [-0.15, -0.1) is 0 Å². The molecule has 0 aromatic heterocycles. The molecule has 1 heterocycles. The number of nitrogens with zero attached hydrogens (tertiary/aromatic N) is 1. The summed E-state index contributed by atoms with van der Waals surface area (Å²) >= 11 is 0. The average molecular weight is 385 g/mol. The normalized spacial score (nSPS) is 15.9. The molecule has 0 bridgehead atoms. The Bertz CT molecular complexity index is 990. The van der Waals surface area contributed by atoms with E-state index in [1.165, 1.54) is 11.1 Å². The third kappa shape index (κ3) is 3.77. The maximum absolute atomic E-state index is 13.5. The van der Waals surface area contributed by atoms with E-state index in [4.69, 9.17) is 0 Å². The molecule has 1 amide bonds. The Labute approximate surface area is 173 Å². The minimum Gasteiger partial charge on any atom is -0.360 e. The van der Waals surface area contributed by atoms with Crippen LogP contribution < -0.4 is 10.2 Å². The molecule has 3 heteroatoms. The fourth-order valence-corrected chi connectivity index (χ4v) is 3.93. The van der Waals surface area contributed by atoms with Crippen LogP contribution in [0, 0.1) is 0 Å². The number of hydrogen-bond donors (Lipinski definition) is 1. The number of aryl methyl sites for hydroxylation is 1. The third-order valence-electron chi connectivity index (χ3n) is 5.60. The summed E-state index contributed by atoms with van der Waals surface area (Å²) in [6.07, 6.45) is 1.92. The van der Waals surface area contributed by atoms with Gasteiger partial charge in [0.05, 0.1) is 5.56 Å². The lowest BCUT2D eigenvalue weighted by atomic mass is 9.98. The van der Waals surface area contributed by atoms with Crippen molar-refractivity contribution in [3.05, 3.63) is 95.1 Å². The van der Waals surface area contributed by atoms with Crippen molar-refractivity contribution in [1.29, 1.82) is 0 Å². The van der Waals surface area contributed by atoms with E-state index in [0.717, 1.165) is 29.8 Å². The molecule has 0 aliphatic carbocycles. The van der Waals surface area contributed by atoms with Gasteiger partial charge >= 0.3 is 0 Å². The number of nitrogens with one attached hydrogen (secondary N) is 1. The lowest BCUT2D eigenvalue weighted by molar-refractivity contribution is 0.0975. The van der Waals surface area contributed by atoms with Crippen LogP contribution in [0.2, 0.25) is 0 Å². The van der Waals surface area contributed by atoms with Crippen molar-refractivity contribution in [3.63, 3.8) is 0 Å². The quantitative estimate of drug-likeness (QED) is 0.542. The molecular formula is C26H28N2O. The molecule has 4 rings (SSSR count). The van der Waals surface area contributed by atoms with Gasteiger partial charge in [0, 0.05) is 11.4 Å². The van der Waals surface area contributed by atoms with Crippen LogP contribution in [0.25, 0.3) is 0 Å². The molecule has 3 aromatic carbocycles. The first-order chi connectivity index (χ1) is 14.1. The van der Waals surface area contributed by atoms with Crippen molar-refractivity contribution in [2.75, 3.05) is 10.2 Å². The standard InChI is InChI=1S/C26H28N2O/c1-4-7-19-10-16-22(17-11-19)28-25(21-14-12-20(13-15-21)18(2)3)27-24-9-6-5-8-23(24)26(28)29/h5-6,8-18,25,27H,4,7H2,1-3H3. The second kappa shape index (κ2) is 8.12. The van der Waals surface area contributed by atoms with Crippen molar-refractivity contribution in [3.8, 4) is 0 Å². The Hall–Kier alpha value is -3.07. The summed E-state index contributed by atoms with van der Waals surface area (Å²) in [6, 6.07) is 24.7. The van der Waals surface area contributed by atoms with Crippen LogP contribution in [0.15, 0.2) is 72.8 Å². The summed E-state index contributed by atoms with van der Waals surface area (Å²) < 4.78 is 0. The molecule has 0 radical (unpaired) electrons. The van der Waals surface area contributed by atoms with Crippen LogP contribution in [0.1, 0.15) is 66.3 Å². The number of carbonyl (C=O) groups is 1. The van der Waals surface area contributed by atoms with Crippen LogP contribution in [0.3, 0.4) is 0 Å². The molecule has 0 fully saturated rings. The van der Waals surface area contributed by atoms with Gasteiger partial charge in [-0.05, 0) is 53.3 Å². The van der Waals surface area contributed by atoms with Gasteiger partial charge in [0.15, 0.2) is 0 Å². The SMILES string of the molecule is CCCc1ccc(N2C(=O)c3ccccc3NC2c2ccc(C(C)C)cc2)cc1. The number of rotatable bonds is 5. The number of hydrogen-bond acceptors (Lipinski definition) is 2. The fourth-order valence-electron chi connectivity index (χ4n) is 3.93. The van der Waals surface area contributed by atoms with E-state index >= 15 is 0 Å². The smallest absolute Gasteiger partial charge is 0.262 e. The molecule has 1 atom stereocenters. The van der Waals surface area contributed by atoms with Crippen molar-refractivity contribution < 1.29 is 4.79 Å². The highest BCUT2D eigenvalue weighted by molar-refractivity contribution is 6.12. The van der Waals surface area contributed by atoms with Crippen molar-refractivity contribution in [1.82, 2.24) is 0 Å². The molecule has 148 valence electrons. The average Bonchev–Trinajstić information content (AvgIpc) is 2.75. The number of fused-ring (bicyclic) bond motifs is 1.